The Kier molecular flexibility index (Phi) is 6.58. The molecule has 162 valence electrons. The molecule has 3 amide bonds. The first-order valence-electron chi connectivity index (χ1n) is 10.1. The predicted molar refractivity (Wildman–Crippen MR) is 121 cm³/mol. The summed E-state index contributed by atoms with van der Waals surface area (Å²) in [5.41, 5.74) is 2.51. The fraction of sp³-hybridized carbons (Fsp3) is 0.333. The van der Waals surface area contributed by atoms with Gasteiger partial charge in [0.05, 0.1) is 22.8 Å². The summed E-state index contributed by atoms with van der Waals surface area (Å²) in [6, 6.07) is 9.87. The molecule has 3 aromatic rings. The van der Waals surface area contributed by atoms with Gasteiger partial charge in [-0.05, 0) is 55.7 Å². The van der Waals surface area contributed by atoms with Crippen LogP contribution in [0, 0.1) is 0 Å². The summed E-state index contributed by atoms with van der Waals surface area (Å²) >= 11 is 12.0. The minimum absolute atomic E-state index is 0.0363. The highest BCUT2D eigenvalue weighted by atomic mass is 35.5. The van der Waals surface area contributed by atoms with Crippen LogP contribution in [0.3, 0.4) is 0 Å². The van der Waals surface area contributed by atoms with Gasteiger partial charge in [-0.1, -0.05) is 28.4 Å². The van der Waals surface area contributed by atoms with Crippen molar-refractivity contribution in [3.05, 3.63) is 52.0 Å². The number of urea groups is 1. The highest BCUT2D eigenvalue weighted by Crippen LogP contribution is 2.25. The average Bonchev–Trinajstić information content (AvgIpc) is 3.18. The summed E-state index contributed by atoms with van der Waals surface area (Å²) in [5, 5.41) is 14.6. The van der Waals surface area contributed by atoms with E-state index in [1.807, 2.05) is 11.0 Å². The van der Waals surface area contributed by atoms with Crippen LogP contribution >= 0.6 is 23.2 Å². The summed E-state index contributed by atoms with van der Waals surface area (Å²) in [6.45, 7) is 2.36. The number of rotatable bonds is 5. The average molecular weight is 461 g/mol. The van der Waals surface area contributed by atoms with Crippen molar-refractivity contribution in [2.24, 2.45) is 0 Å². The number of carbonyl (C=O) groups is 2. The molecule has 1 fully saturated rings. The molecule has 1 aromatic heterocycles. The Balaban J connectivity index is 1.35. The van der Waals surface area contributed by atoms with Crippen molar-refractivity contribution in [2.45, 2.75) is 25.8 Å². The van der Waals surface area contributed by atoms with Gasteiger partial charge in [-0.15, -0.1) is 5.10 Å². The number of nitrogens with one attached hydrogen (secondary N) is 2. The van der Waals surface area contributed by atoms with Gasteiger partial charge in [0.25, 0.3) is 5.91 Å². The van der Waals surface area contributed by atoms with Crippen LogP contribution in [0.15, 0.2) is 36.4 Å². The number of halogens is 2. The van der Waals surface area contributed by atoms with E-state index in [2.05, 4.69) is 20.9 Å². The first-order valence-corrected chi connectivity index (χ1v) is 10.9. The van der Waals surface area contributed by atoms with Gasteiger partial charge in [0.1, 0.15) is 5.52 Å². The van der Waals surface area contributed by atoms with E-state index in [0.717, 1.165) is 31.4 Å². The molecule has 0 unspecified atom stereocenters. The summed E-state index contributed by atoms with van der Waals surface area (Å²) < 4.78 is 1.69. The third-order valence-corrected chi connectivity index (χ3v) is 5.75. The second-order valence-corrected chi connectivity index (χ2v) is 8.22. The van der Waals surface area contributed by atoms with Crippen LogP contribution < -0.4 is 10.6 Å². The maximum atomic E-state index is 12.7. The van der Waals surface area contributed by atoms with E-state index in [1.54, 1.807) is 35.0 Å². The van der Waals surface area contributed by atoms with E-state index in [0.29, 0.717) is 39.9 Å². The van der Waals surface area contributed by atoms with Gasteiger partial charge in [0.15, 0.2) is 0 Å². The molecule has 0 aliphatic carbocycles. The van der Waals surface area contributed by atoms with Crippen LogP contribution in [-0.2, 0) is 6.54 Å². The molecule has 2 aromatic carbocycles. The lowest BCUT2D eigenvalue weighted by atomic mass is 10.1. The number of benzene rings is 2. The van der Waals surface area contributed by atoms with E-state index < -0.39 is 6.03 Å². The normalized spacial score (nSPS) is 13.9. The molecular weight excluding hydrogens is 439 g/mol. The molecule has 0 saturated carbocycles. The van der Waals surface area contributed by atoms with Gasteiger partial charge in [-0.25, -0.2) is 9.48 Å². The van der Waals surface area contributed by atoms with Crippen LogP contribution in [-0.4, -0.2) is 51.5 Å². The van der Waals surface area contributed by atoms with E-state index in [-0.39, 0.29) is 5.91 Å². The fourth-order valence-electron chi connectivity index (χ4n) is 3.59. The maximum Gasteiger partial charge on any atom is 0.319 e. The lowest BCUT2D eigenvalue weighted by Crippen LogP contribution is -2.35. The third-order valence-electron chi connectivity index (χ3n) is 5.19. The van der Waals surface area contributed by atoms with Crippen LogP contribution in [0.2, 0.25) is 10.0 Å². The molecule has 1 aliphatic heterocycles. The van der Waals surface area contributed by atoms with Gasteiger partial charge in [-0.2, -0.15) is 0 Å². The number of nitrogens with zero attached hydrogens (tertiary/aromatic N) is 4. The van der Waals surface area contributed by atoms with Crippen molar-refractivity contribution in [3.63, 3.8) is 0 Å². The second kappa shape index (κ2) is 9.53. The first-order chi connectivity index (χ1) is 15.0. The van der Waals surface area contributed by atoms with Gasteiger partial charge >= 0.3 is 6.03 Å². The van der Waals surface area contributed by atoms with Crippen LogP contribution in [0.1, 0.15) is 29.6 Å². The minimum atomic E-state index is -0.400. The Morgan fingerprint density at radius 2 is 1.84 bits per heavy atom. The lowest BCUT2D eigenvalue weighted by Gasteiger charge is -2.26. The molecule has 0 radical (unpaired) electrons. The zero-order valence-corrected chi connectivity index (χ0v) is 18.3. The van der Waals surface area contributed by atoms with Crippen LogP contribution in [0.25, 0.3) is 11.0 Å². The SMILES string of the molecule is O=C(NCCn1nnc2cc(C(=O)N3CCCCC3)ccc21)Nc1cc(Cl)ccc1Cl. The molecule has 0 bridgehead atoms. The largest absolute Gasteiger partial charge is 0.339 e. The molecule has 2 N–H and O–H groups in total. The molecule has 4 rings (SSSR count). The molecule has 31 heavy (non-hydrogen) atoms. The highest BCUT2D eigenvalue weighted by molar-refractivity contribution is 6.35. The predicted octanol–water partition coefficient (Wildman–Crippen LogP) is 4.19. The number of carbonyl (C=O) groups excluding carboxylic acids is 2. The Morgan fingerprint density at radius 3 is 2.65 bits per heavy atom. The molecule has 10 heteroatoms. The number of fused-ring (bicyclic) bond motifs is 1. The van der Waals surface area contributed by atoms with E-state index in [1.165, 1.54) is 6.42 Å². The zero-order chi connectivity index (χ0) is 21.8. The minimum Gasteiger partial charge on any atom is -0.339 e. The number of anilines is 1. The molecule has 1 saturated heterocycles. The first kappa shape index (κ1) is 21.4. The molecule has 0 atom stereocenters. The van der Waals surface area contributed by atoms with Gasteiger partial charge < -0.3 is 15.5 Å². The maximum absolute atomic E-state index is 12.7. The fourth-order valence-corrected chi connectivity index (χ4v) is 3.92. The van der Waals surface area contributed by atoms with Gasteiger partial charge in [-0.3, -0.25) is 4.79 Å². The molecule has 8 nitrogen and oxygen atoms in total. The Morgan fingerprint density at radius 1 is 1.03 bits per heavy atom. The lowest BCUT2D eigenvalue weighted by molar-refractivity contribution is 0.0724. The molecule has 0 spiro atoms. The standard InChI is InChI=1S/C21H22Cl2N6O2/c22-15-5-6-16(23)17(13-15)25-21(31)24-8-11-29-19-7-4-14(12-18(19)26-27-29)20(30)28-9-2-1-3-10-28/h4-7,12-13H,1-3,8-11H2,(H2,24,25,31). The number of likely N-dealkylation sites (tertiary alicyclic amines) is 1. The monoisotopic (exact) mass is 460 g/mol. The van der Waals surface area contributed by atoms with Crippen molar-refractivity contribution < 1.29 is 9.59 Å². The van der Waals surface area contributed by atoms with E-state index in [4.69, 9.17) is 23.2 Å². The topological polar surface area (TPSA) is 92.1 Å². The van der Waals surface area contributed by atoms with Crippen LogP contribution in [0.5, 0.6) is 0 Å². The van der Waals surface area contributed by atoms with Crippen LogP contribution in [0.4, 0.5) is 10.5 Å². The second-order valence-electron chi connectivity index (χ2n) is 7.37. The van der Waals surface area contributed by atoms with Gasteiger partial charge in [0, 0.05) is 30.2 Å². The van der Waals surface area contributed by atoms with Crippen molar-refractivity contribution in [1.82, 2.24) is 25.2 Å². The Hall–Kier alpha value is -2.84. The Labute approximate surface area is 189 Å². The summed E-state index contributed by atoms with van der Waals surface area (Å²) in [5.74, 6) is 0.0363. The zero-order valence-electron chi connectivity index (χ0n) is 16.8. The molecule has 1 aliphatic rings. The molecule has 2 heterocycles. The smallest absolute Gasteiger partial charge is 0.319 e. The number of hydrogen-bond donors (Lipinski definition) is 2. The summed E-state index contributed by atoms with van der Waals surface area (Å²) in [6.07, 6.45) is 3.28. The van der Waals surface area contributed by atoms with Crippen molar-refractivity contribution in [3.8, 4) is 0 Å². The number of amides is 3. The highest BCUT2D eigenvalue weighted by Gasteiger charge is 2.19. The summed E-state index contributed by atoms with van der Waals surface area (Å²) in [4.78, 5) is 26.7. The number of hydrogen-bond acceptors (Lipinski definition) is 4. The van der Waals surface area contributed by atoms with Crippen molar-refractivity contribution in [2.75, 3.05) is 25.0 Å². The van der Waals surface area contributed by atoms with Crippen molar-refractivity contribution in [1.29, 1.82) is 0 Å². The Bertz CT molecular complexity index is 1110. The van der Waals surface area contributed by atoms with E-state index >= 15 is 0 Å². The van der Waals surface area contributed by atoms with Crippen molar-refractivity contribution >= 4 is 51.9 Å². The summed E-state index contributed by atoms with van der Waals surface area (Å²) in [7, 11) is 0. The number of piperidine rings is 1. The quantitative estimate of drug-likeness (QED) is 0.596. The third kappa shape index (κ3) is 5.08. The molecular formula is C21H22Cl2N6O2. The van der Waals surface area contributed by atoms with E-state index in [9.17, 15) is 9.59 Å². The van der Waals surface area contributed by atoms with Gasteiger partial charge in [0.2, 0.25) is 0 Å². The number of aromatic nitrogens is 3.